The standard InChI is InChI=1S/C26H21BrN2O4S2/c1-10-2-5-12(6-3-10)28-23(30)19-15-9-14-18-17(22-24(34-21(15)18)29-26(32)35-22)13-8-11(27)4-7-16(13)33-25(31)20(14)19/h2-8,14-15,17-21H,9H2,1H3,(H,28,30)(H,29,32)/t14-,15+,17+,18+,19+,20-,21+/m0/s1. The molecule has 3 aromatic rings. The minimum Gasteiger partial charge on any atom is -0.426 e. The van der Waals surface area contributed by atoms with E-state index in [4.69, 9.17) is 4.74 Å². The van der Waals surface area contributed by atoms with Crippen molar-refractivity contribution in [1.82, 2.24) is 4.98 Å². The van der Waals surface area contributed by atoms with E-state index in [2.05, 4.69) is 26.2 Å². The van der Waals surface area contributed by atoms with Gasteiger partial charge >= 0.3 is 10.8 Å². The van der Waals surface area contributed by atoms with Crippen molar-refractivity contribution in [2.75, 3.05) is 5.32 Å². The molecule has 7 atom stereocenters. The lowest BCUT2D eigenvalue weighted by molar-refractivity contribution is -0.147. The molecule has 3 heterocycles. The summed E-state index contributed by atoms with van der Waals surface area (Å²) in [6.45, 7) is 2.00. The number of nitrogens with one attached hydrogen (secondary N) is 2. The van der Waals surface area contributed by atoms with Crippen molar-refractivity contribution in [2.45, 2.75) is 29.5 Å². The Hall–Kier alpha value is -2.36. The second kappa shape index (κ2) is 7.82. The quantitative estimate of drug-likeness (QED) is 0.329. The normalized spacial score (nSPS) is 31.7. The first kappa shape index (κ1) is 21.9. The molecule has 2 aromatic carbocycles. The van der Waals surface area contributed by atoms with E-state index in [0.29, 0.717) is 5.75 Å². The zero-order valence-electron chi connectivity index (χ0n) is 18.6. The van der Waals surface area contributed by atoms with Crippen LogP contribution in [0.25, 0.3) is 0 Å². The van der Waals surface area contributed by atoms with Crippen LogP contribution < -0.4 is 14.9 Å². The Morgan fingerprint density at radius 1 is 1.14 bits per heavy atom. The Labute approximate surface area is 218 Å². The Morgan fingerprint density at radius 2 is 1.94 bits per heavy atom. The summed E-state index contributed by atoms with van der Waals surface area (Å²) in [5.41, 5.74) is 2.78. The van der Waals surface area contributed by atoms with E-state index < -0.39 is 11.8 Å². The van der Waals surface area contributed by atoms with Crippen molar-refractivity contribution >= 4 is 56.6 Å². The fourth-order valence-corrected chi connectivity index (χ4v) is 10.1. The first-order valence-corrected chi connectivity index (χ1v) is 14.2. The number of esters is 1. The summed E-state index contributed by atoms with van der Waals surface area (Å²) in [5.74, 6) is -0.701. The molecule has 2 fully saturated rings. The van der Waals surface area contributed by atoms with Gasteiger partial charge in [0.25, 0.3) is 0 Å². The minimum atomic E-state index is -0.496. The highest BCUT2D eigenvalue weighted by atomic mass is 79.9. The van der Waals surface area contributed by atoms with Crippen LogP contribution in [0.3, 0.4) is 0 Å². The predicted molar refractivity (Wildman–Crippen MR) is 138 cm³/mol. The van der Waals surface area contributed by atoms with Gasteiger partial charge in [-0.1, -0.05) is 45.0 Å². The highest BCUT2D eigenvalue weighted by Gasteiger charge is 2.67. The first-order valence-electron chi connectivity index (χ1n) is 11.7. The summed E-state index contributed by atoms with van der Waals surface area (Å²) in [4.78, 5) is 43.6. The van der Waals surface area contributed by atoms with Crippen LogP contribution >= 0.6 is 39.0 Å². The summed E-state index contributed by atoms with van der Waals surface area (Å²) in [6, 6.07) is 13.4. The molecule has 2 saturated carbocycles. The summed E-state index contributed by atoms with van der Waals surface area (Å²) in [6.07, 6.45) is 0.813. The molecular formula is C26H21BrN2O4S2. The molecule has 4 aliphatic rings. The zero-order chi connectivity index (χ0) is 24.0. The van der Waals surface area contributed by atoms with Crippen LogP contribution in [0, 0.1) is 36.5 Å². The van der Waals surface area contributed by atoms with Crippen molar-refractivity contribution in [3.8, 4) is 5.75 Å². The number of ether oxygens (including phenoxy) is 1. The molecule has 35 heavy (non-hydrogen) atoms. The number of benzene rings is 2. The van der Waals surface area contributed by atoms with Crippen LogP contribution in [0.2, 0.25) is 0 Å². The second-order valence-corrected chi connectivity index (χ2v) is 13.0. The molecule has 2 bridgehead atoms. The average molecular weight is 570 g/mol. The fourth-order valence-electron chi connectivity index (χ4n) is 6.86. The van der Waals surface area contributed by atoms with Gasteiger partial charge in [-0.15, -0.1) is 11.8 Å². The van der Waals surface area contributed by atoms with E-state index in [1.165, 1.54) is 11.3 Å². The molecule has 1 aromatic heterocycles. The summed E-state index contributed by atoms with van der Waals surface area (Å²) in [7, 11) is 0. The van der Waals surface area contributed by atoms with Gasteiger partial charge in [0.2, 0.25) is 5.91 Å². The number of halogens is 1. The number of hydrogen-bond donors (Lipinski definition) is 2. The Bertz CT molecular complexity index is 1450. The van der Waals surface area contributed by atoms with Crippen LogP contribution in [-0.4, -0.2) is 22.1 Å². The van der Waals surface area contributed by atoms with Crippen molar-refractivity contribution < 1.29 is 14.3 Å². The van der Waals surface area contributed by atoms with E-state index in [9.17, 15) is 14.4 Å². The van der Waals surface area contributed by atoms with E-state index in [1.807, 2.05) is 49.4 Å². The van der Waals surface area contributed by atoms with Gasteiger partial charge in [0.1, 0.15) is 5.75 Å². The molecule has 0 unspecified atom stereocenters. The summed E-state index contributed by atoms with van der Waals surface area (Å²) >= 11 is 6.52. The summed E-state index contributed by atoms with van der Waals surface area (Å²) in [5, 5.41) is 4.10. The number of aryl methyl sites for hydroxylation is 1. The smallest absolute Gasteiger partial charge is 0.315 e. The highest BCUT2D eigenvalue weighted by molar-refractivity contribution is 9.10. The SMILES string of the molecule is Cc1ccc(NC(=O)[C@@H]2[C@H]3C[C@@H]4[C@@H]2C(=O)Oc2ccc(Br)cc2[C@H]2c5sc(=O)[nH]c5S[C@H]3[C@@H]24)cc1. The molecule has 1 amide bonds. The molecule has 9 heteroatoms. The number of carbonyl (C=O) groups excluding carboxylic acids is 2. The molecular weight excluding hydrogens is 548 g/mol. The molecule has 0 spiro atoms. The third-order valence-corrected chi connectivity index (χ3v) is 11.2. The lowest BCUT2D eigenvalue weighted by Gasteiger charge is -2.46. The maximum absolute atomic E-state index is 13.6. The lowest BCUT2D eigenvalue weighted by Crippen LogP contribution is -2.50. The van der Waals surface area contributed by atoms with E-state index >= 15 is 0 Å². The third kappa shape index (κ3) is 3.24. The van der Waals surface area contributed by atoms with Gasteiger partial charge in [-0.25, -0.2) is 0 Å². The van der Waals surface area contributed by atoms with Crippen LogP contribution in [0.15, 0.2) is 56.8 Å². The lowest BCUT2D eigenvalue weighted by atomic mass is 9.66. The van der Waals surface area contributed by atoms with Crippen LogP contribution in [-0.2, 0) is 9.59 Å². The van der Waals surface area contributed by atoms with Crippen LogP contribution in [0.1, 0.15) is 28.3 Å². The van der Waals surface area contributed by atoms with Crippen LogP contribution in [0.4, 0.5) is 5.69 Å². The predicted octanol–water partition coefficient (Wildman–Crippen LogP) is 5.17. The molecule has 178 valence electrons. The zero-order valence-corrected chi connectivity index (χ0v) is 21.8. The number of fused-ring (bicyclic) bond motifs is 6. The van der Waals surface area contributed by atoms with Gasteiger partial charge in [-0.05, 0) is 61.4 Å². The first-order chi connectivity index (χ1) is 16.9. The van der Waals surface area contributed by atoms with Crippen molar-refractivity contribution in [3.05, 3.63) is 72.6 Å². The topological polar surface area (TPSA) is 88.3 Å². The summed E-state index contributed by atoms with van der Waals surface area (Å²) < 4.78 is 6.91. The molecule has 2 N–H and O–H groups in total. The van der Waals surface area contributed by atoms with Gasteiger partial charge in [-0.2, -0.15) is 0 Å². The van der Waals surface area contributed by atoms with E-state index in [-0.39, 0.29) is 45.7 Å². The molecule has 6 nitrogen and oxygen atoms in total. The number of anilines is 1. The van der Waals surface area contributed by atoms with Crippen molar-refractivity contribution in [2.24, 2.45) is 29.6 Å². The number of carbonyl (C=O) groups is 2. The van der Waals surface area contributed by atoms with E-state index in [1.54, 1.807) is 11.8 Å². The third-order valence-electron chi connectivity index (χ3n) is 8.12. The average Bonchev–Trinajstić information content (AvgIpc) is 3.50. The second-order valence-electron chi connectivity index (χ2n) is 9.92. The monoisotopic (exact) mass is 568 g/mol. The van der Waals surface area contributed by atoms with Gasteiger partial charge in [0.05, 0.1) is 16.9 Å². The number of hydrogen-bond acceptors (Lipinski definition) is 6. The number of H-pyrrole nitrogens is 1. The van der Waals surface area contributed by atoms with Crippen molar-refractivity contribution in [3.63, 3.8) is 0 Å². The molecule has 2 aliphatic heterocycles. The van der Waals surface area contributed by atoms with Gasteiger partial charge in [0, 0.05) is 31.8 Å². The Balaban J connectivity index is 1.35. The highest BCUT2D eigenvalue weighted by Crippen LogP contribution is 2.68. The maximum atomic E-state index is 13.6. The van der Waals surface area contributed by atoms with E-state index in [0.717, 1.165) is 37.6 Å². The van der Waals surface area contributed by atoms with Gasteiger partial charge in [0.15, 0.2) is 0 Å². The molecule has 7 rings (SSSR count). The van der Waals surface area contributed by atoms with Gasteiger partial charge in [-0.3, -0.25) is 14.4 Å². The molecule has 0 saturated heterocycles. The number of amides is 1. The number of thiazole rings is 1. The van der Waals surface area contributed by atoms with Crippen molar-refractivity contribution in [1.29, 1.82) is 0 Å². The van der Waals surface area contributed by atoms with Gasteiger partial charge < -0.3 is 15.0 Å². The number of thioether (sulfide) groups is 1. The fraction of sp³-hybridized carbons (Fsp3) is 0.346. The Morgan fingerprint density at radius 3 is 2.74 bits per heavy atom. The number of rotatable bonds is 2. The largest absolute Gasteiger partial charge is 0.426 e. The van der Waals surface area contributed by atoms with Crippen LogP contribution in [0.5, 0.6) is 5.75 Å². The number of aromatic nitrogens is 1. The molecule has 2 aliphatic carbocycles. The number of aromatic amines is 1. The maximum Gasteiger partial charge on any atom is 0.315 e. The Kier molecular flexibility index (Phi) is 4.89. The molecule has 0 radical (unpaired) electrons. The minimum absolute atomic E-state index is 0.0289.